The maximum Gasteiger partial charge on any atom is 0.191 e. The topological polar surface area (TPSA) is 48.9 Å². The lowest BCUT2D eigenvalue weighted by molar-refractivity contribution is 0.0548. The van der Waals surface area contributed by atoms with Gasteiger partial charge in [-0.25, -0.2) is 0 Å². The summed E-state index contributed by atoms with van der Waals surface area (Å²) < 4.78 is 5.82. The van der Waals surface area contributed by atoms with Crippen LogP contribution in [-0.4, -0.2) is 64.3 Å². The molecule has 0 saturated carbocycles. The minimum Gasteiger partial charge on any atom is -0.377 e. The van der Waals surface area contributed by atoms with Crippen LogP contribution in [0.5, 0.6) is 0 Å². The second kappa shape index (κ2) is 11.9. The standard InChI is InChI=1S/C20H36N4O/c1-7-25-19(12-13-24(5)6)15-23-20(21-4)22-14-17(3)18-10-8-16(2)9-11-18/h8-11,17,19H,7,12-15H2,1-6H3,(H2,21,22,23). The molecule has 0 aromatic heterocycles. The van der Waals surface area contributed by atoms with Gasteiger partial charge >= 0.3 is 0 Å². The summed E-state index contributed by atoms with van der Waals surface area (Å²) in [5.41, 5.74) is 2.63. The summed E-state index contributed by atoms with van der Waals surface area (Å²) in [6.07, 6.45) is 1.20. The van der Waals surface area contributed by atoms with Crippen molar-refractivity contribution in [3.05, 3.63) is 35.4 Å². The normalized spacial score (nSPS) is 14.4. The highest BCUT2D eigenvalue weighted by atomic mass is 16.5. The third-order valence-electron chi connectivity index (χ3n) is 4.24. The number of benzene rings is 1. The maximum atomic E-state index is 5.82. The Morgan fingerprint density at radius 2 is 1.80 bits per heavy atom. The van der Waals surface area contributed by atoms with Crippen molar-refractivity contribution in [2.45, 2.75) is 39.2 Å². The number of nitrogens with one attached hydrogen (secondary N) is 2. The Morgan fingerprint density at radius 1 is 1.16 bits per heavy atom. The summed E-state index contributed by atoms with van der Waals surface area (Å²) in [5.74, 6) is 1.25. The molecule has 0 saturated heterocycles. The molecule has 1 rings (SSSR count). The quantitative estimate of drug-likeness (QED) is 0.504. The average molecular weight is 349 g/mol. The van der Waals surface area contributed by atoms with Crippen LogP contribution in [0.4, 0.5) is 0 Å². The van der Waals surface area contributed by atoms with E-state index in [1.54, 1.807) is 7.05 Å². The monoisotopic (exact) mass is 348 g/mol. The van der Waals surface area contributed by atoms with Crippen molar-refractivity contribution >= 4 is 5.96 Å². The molecule has 5 nitrogen and oxygen atoms in total. The Morgan fingerprint density at radius 3 is 2.36 bits per heavy atom. The first-order valence-electron chi connectivity index (χ1n) is 9.23. The van der Waals surface area contributed by atoms with Crippen LogP contribution in [0.1, 0.15) is 37.3 Å². The van der Waals surface area contributed by atoms with Gasteiger partial charge in [0.1, 0.15) is 0 Å². The van der Waals surface area contributed by atoms with E-state index < -0.39 is 0 Å². The van der Waals surface area contributed by atoms with Crippen molar-refractivity contribution in [2.75, 3.05) is 47.4 Å². The lowest BCUT2D eigenvalue weighted by atomic mass is 10.0. The Hall–Kier alpha value is -1.59. The van der Waals surface area contributed by atoms with Gasteiger partial charge in [-0.05, 0) is 45.8 Å². The summed E-state index contributed by atoms with van der Waals surface area (Å²) in [6.45, 7) is 9.74. The number of ether oxygens (including phenoxy) is 1. The first-order valence-corrected chi connectivity index (χ1v) is 9.23. The van der Waals surface area contributed by atoms with Crippen molar-refractivity contribution in [2.24, 2.45) is 4.99 Å². The Labute approximate surface area is 153 Å². The van der Waals surface area contributed by atoms with E-state index >= 15 is 0 Å². The van der Waals surface area contributed by atoms with Gasteiger partial charge in [-0.15, -0.1) is 0 Å². The largest absolute Gasteiger partial charge is 0.377 e. The van der Waals surface area contributed by atoms with Crippen LogP contribution in [0.2, 0.25) is 0 Å². The van der Waals surface area contributed by atoms with Gasteiger partial charge in [-0.1, -0.05) is 36.8 Å². The zero-order chi connectivity index (χ0) is 18.7. The van der Waals surface area contributed by atoms with E-state index in [1.165, 1.54) is 11.1 Å². The molecule has 2 unspecified atom stereocenters. The van der Waals surface area contributed by atoms with Crippen LogP contribution in [0.25, 0.3) is 0 Å². The first-order chi connectivity index (χ1) is 12.0. The van der Waals surface area contributed by atoms with Gasteiger partial charge in [0.15, 0.2) is 5.96 Å². The molecule has 5 heteroatoms. The van der Waals surface area contributed by atoms with Crippen LogP contribution in [0.3, 0.4) is 0 Å². The Bertz CT molecular complexity index is 499. The van der Waals surface area contributed by atoms with Crippen LogP contribution in [0, 0.1) is 6.92 Å². The smallest absolute Gasteiger partial charge is 0.191 e. The molecule has 2 N–H and O–H groups in total. The van der Waals surface area contributed by atoms with Crippen molar-refractivity contribution in [3.63, 3.8) is 0 Å². The van der Waals surface area contributed by atoms with Gasteiger partial charge in [0.25, 0.3) is 0 Å². The lowest BCUT2D eigenvalue weighted by Gasteiger charge is -2.22. The first kappa shape index (κ1) is 21.5. The van der Waals surface area contributed by atoms with Crippen molar-refractivity contribution in [1.82, 2.24) is 15.5 Å². The molecule has 142 valence electrons. The third kappa shape index (κ3) is 8.89. The highest BCUT2D eigenvalue weighted by Gasteiger charge is 2.11. The molecule has 25 heavy (non-hydrogen) atoms. The van der Waals surface area contributed by atoms with Crippen molar-refractivity contribution < 1.29 is 4.74 Å². The van der Waals surface area contributed by atoms with Gasteiger partial charge in [-0.2, -0.15) is 0 Å². The van der Waals surface area contributed by atoms with E-state index in [-0.39, 0.29) is 6.10 Å². The number of guanidine groups is 1. The lowest BCUT2D eigenvalue weighted by Crippen LogP contribution is -2.43. The molecular weight excluding hydrogens is 312 g/mol. The van der Waals surface area contributed by atoms with Crippen molar-refractivity contribution in [3.8, 4) is 0 Å². The Balaban J connectivity index is 2.43. The molecule has 0 fully saturated rings. The average Bonchev–Trinajstić information content (AvgIpc) is 2.59. The number of hydrogen-bond donors (Lipinski definition) is 2. The van der Waals surface area contributed by atoms with E-state index in [2.05, 4.69) is 72.7 Å². The molecule has 1 aromatic rings. The number of rotatable bonds is 10. The SMILES string of the molecule is CCOC(CCN(C)C)CNC(=NC)NCC(C)c1ccc(C)cc1. The second-order valence-electron chi connectivity index (χ2n) is 6.82. The third-order valence-corrected chi connectivity index (χ3v) is 4.24. The molecular formula is C20H36N4O. The highest BCUT2D eigenvalue weighted by molar-refractivity contribution is 5.79. The summed E-state index contributed by atoms with van der Waals surface area (Å²) in [7, 11) is 5.98. The molecule has 1 aromatic carbocycles. The van der Waals surface area contributed by atoms with Crippen LogP contribution in [-0.2, 0) is 4.74 Å². The predicted octanol–water partition coefficient (Wildman–Crippen LogP) is 2.62. The van der Waals surface area contributed by atoms with Crippen LogP contribution >= 0.6 is 0 Å². The minimum absolute atomic E-state index is 0.195. The van der Waals surface area contributed by atoms with Crippen LogP contribution < -0.4 is 10.6 Å². The second-order valence-corrected chi connectivity index (χ2v) is 6.82. The maximum absolute atomic E-state index is 5.82. The molecule has 0 heterocycles. The summed E-state index contributed by atoms with van der Waals surface area (Å²) in [6, 6.07) is 8.72. The molecule has 0 radical (unpaired) electrons. The zero-order valence-electron chi connectivity index (χ0n) is 16.8. The van der Waals surface area contributed by atoms with Gasteiger partial charge in [-0.3, -0.25) is 4.99 Å². The van der Waals surface area contributed by atoms with Crippen LogP contribution in [0.15, 0.2) is 29.3 Å². The molecule has 0 spiro atoms. The molecule has 2 atom stereocenters. The van der Waals surface area contributed by atoms with Gasteiger partial charge < -0.3 is 20.3 Å². The number of aryl methyl sites for hydroxylation is 1. The predicted molar refractivity (Wildman–Crippen MR) is 108 cm³/mol. The minimum atomic E-state index is 0.195. The summed E-state index contributed by atoms with van der Waals surface area (Å²) >= 11 is 0. The molecule has 0 amide bonds. The number of aliphatic imine (C=N–C) groups is 1. The fourth-order valence-electron chi connectivity index (χ4n) is 2.58. The van der Waals surface area contributed by atoms with Gasteiger partial charge in [0.05, 0.1) is 6.10 Å². The zero-order valence-corrected chi connectivity index (χ0v) is 16.8. The summed E-state index contributed by atoms with van der Waals surface area (Å²) in [5, 5.41) is 6.81. The van der Waals surface area contributed by atoms with E-state index in [0.29, 0.717) is 5.92 Å². The Kier molecular flexibility index (Phi) is 10.2. The summed E-state index contributed by atoms with van der Waals surface area (Å²) in [4.78, 5) is 6.51. The molecule has 0 aliphatic carbocycles. The van der Waals surface area contributed by atoms with E-state index in [4.69, 9.17) is 4.74 Å². The number of hydrogen-bond acceptors (Lipinski definition) is 3. The van der Waals surface area contributed by atoms with Gasteiger partial charge in [0.2, 0.25) is 0 Å². The van der Waals surface area contributed by atoms with E-state index in [1.807, 2.05) is 6.92 Å². The van der Waals surface area contributed by atoms with Crippen molar-refractivity contribution in [1.29, 1.82) is 0 Å². The van der Waals surface area contributed by atoms with E-state index in [0.717, 1.165) is 38.6 Å². The van der Waals surface area contributed by atoms with E-state index in [9.17, 15) is 0 Å². The number of nitrogens with zero attached hydrogens (tertiary/aromatic N) is 2. The fourth-order valence-corrected chi connectivity index (χ4v) is 2.58. The van der Waals surface area contributed by atoms with Gasteiger partial charge in [0, 0.05) is 33.3 Å². The molecule has 0 aliphatic rings. The highest BCUT2D eigenvalue weighted by Crippen LogP contribution is 2.14. The molecule has 0 aliphatic heterocycles. The fraction of sp³-hybridized carbons (Fsp3) is 0.650. The molecule has 0 bridgehead atoms.